The summed E-state index contributed by atoms with van der Waals surface area (Å²) in [6.07, 6.45) is 5.44. The Kier molecular flexibility index (Phi) is 9.35. The van der Waals surface area contributed by atoms with Gasteiger partial charge in [0, 0.05) is 44.4 Å². The topological polar surface area (TPSA) is 81.0 Å². The smallest absolute Gasteiger partial charge is 0.261 e. The molecular weight excluding hydrogens is 565 g/mol. The summed E-state index contributed by atoms with van der Waals surface area (Å²) in [4.78, 5) is 40.7. The molecule has 3 aromatic heterocycles. The van der Waals surface area contributed by atoms with Gasteiger partial charge in [-0.3, -0.25) is 9.59 Å². The van der Waals surface area contributed by atoms with Crippen LogP contribution in [0.3, 0.4) is 0 Å². The van der Waals surface area contributed by atoms with Crippen molar-refractivity contribution in [1.82, 2.24) is 24.4 Å². The van der Waals surface area contributed by atoms with Gasteiger partial charge in [-0.25, -0.2) is 19.3 Å². The second-order valence-corrected chi connectivity index (χ2v) is 10.8. The summed E-state index contributed by atoms with van der Waals surface area (Å²) in [5.74, 6) is 5.45. The van der Waals surface area contributed by atoms with Crippen LogP contribution in [0.2, 0.25) is 5.15 Å². The molecule has 216 valence electrons. The Balaban J connectivity index is 1.22. The SMILES string of the molecule is CN(C)Cc1ccc(Cc2ncc3c(F)c(C#CCCC(=O)c4cccn(Cc5ccc(Cl)nc5)c4=O)ccc3n2)cc1. The fraction of sp³-hybridized carbons (Fsp3) is 0.206. The van der Waals surface area contributed by atoms with Crippen molar-refractivity contribution in [3.8, 4) is 11.8 Å². The molecule has 0 fully saturated rings. The first-order chi connectivity index (χ1) is 20.8. The van der Waals surface area contributed by atoms with Crippen molar-refractivity contribution in [3.05, 3.63) is 134 Å². The summed E-state index contributed by atoms with van der Waals surface area (Å²) in [6.45, 7) is 1.13. The number of rotatable bonds is 9. The first-order valence-electron chi connectivity index (χ1n) is 13.8. The van der Waals surface area contributed by atoms with Gasteiger partial charge in [0.1, 0.15) is 16.8 Å². The summed E-state index contributed by atoms with van der Waals surface area (Å²) in [5, 5.41) is 0.647. The van der Waals surface area contributed by atoms with Crippen molar-refractivity contribution < 1.29 is 9.18 Å². The average Bonchev–Trinajstić information content (AvgIpc) is 2.99. The third-order valence-corrected chi connectivity index (χ3v) is 7.02. The zero-order valence-corrected chi connectivity index (χ0v) is 24.6. The lowest BCUT2D eigenvalue weighted by molar-refractivity contribution is 0.0982. The van der Waals surface area contributed by atoms with E-state index in [2.05, 4.69) is 56.0 Å². The molecule has 0 aliphatic rings. The van der Waals surface area contributed by atoms with Gasteiger partial charge in [-0.15, -0.1) is 0 Å². The van der Waals surface area contributed by atoms with Crippen LogP contribution in [0.15, 0.2) is 84.0 Å². The van der Waals surface area contributed by atoms with E-state index in [4.69, 9.17) is 11.6 Å². The van der Waals surface area contributed by atoms with E-state index in [1.54, 1.807) is 42.7 Å². The molecule has 0 radical (unpaired) electrons. The number of benzene rings is 2. The summed E-state index contributed by atoms with van der Waals surface area (Å²) in [7, 11) is 4.06. The standard InChI is InChI=1S/C34H29ClFN5O2/c1-40(2)21-24-11-9-23(10-12-24)18-32-38-20-28-29(39-32)15-14-26(33(28)36)6-3-4-8-30(42)27-7-5-17-41(34(27)43)22-25-13-16-31(35)37-19-25/h5,7,9-17,19-20H,4,8,18,21-22H2,1-2H3. The fourth-order valence-corrected chi connectivity index (χ4v) is 4.75. The lowest BCUT2D eigenvalue weighted by atomic mass is 10.1. The van der Waals surface area contributed by atoms with Gasteiger partial charge in [-0.2, -0.15) is 0 Å². The van der Waals surface area contributed by atoms with E-state index in [1.807, 2.05) is 14.1 Å². The number of fused-ring (bicyclic) bond motifs is 1. The van der Waals surface area contributed by atoms with Crippen LogP contribution in [0, 0.1) is 17.7 Å². The third-order valence-electron chi connectivity index (χ3n) is 6.80. The molecule has 0 bridgehead atoms. The van der Waals surface area contributed by atoms with E-state index < -0.39 is 11.4 Å². The van der Waals surface area contributed by atoms with E-state index in [1.165, 1.54) is 22.4 Å². The van der Waals surface area contributed by atoms with Gasteiger partial charge in [0.05, 0.1) is 28.6 Å². The summed E-state index contributed by atoms with van der Waals surface area (Å²) in [5.41, 5.74) is 3.48. The monoisotopic (exact) mass is 593 g/mol. The highest BCUT2D eigenvalue weighted by molar-refractivity contribution is 6.29. The number of hydrogen-bond donors (Lipinski definition) is 0. The summed E-state index contributed by atoms with van der Waals surface area (Å²) < 4.78 is 16.7. The van der Waals surface area contributed by atoms with Gasteiger partial charge in [0.15, 0.2) is 5.78 Å². The van der Waals surface area contributed by atoms with Crippen LogP contribution in [0.5, 0.6) is 0 Å². The van der Waals surface area contributed by atoms with Gasteiger partial charge >= 0.3 is 0 Å². The summed E-state index contributed by atoms with van der Waals surface area (Å²) >= 11 is 5.83. The Morgan fingerprint density at radius 2 is 1.74 bits per heavy atom. The van der Waals surface area contributed by atoms with Crippen LogP contribution in [0.4, 0.5) is 4.39 Å². The number of halogens is 2. The quantitative estimate of drug-likeness (QED) is 0.124. The second kappa shape index (κ2) is 13.5. The van der Waals surface area contributed by atoms with E-state index in [0.717, 1.165) is 17.7 Å². The zero-order valence-electron chi connectivity index (χ0n) is 23.8. The number of nitrogens with zero attached hydrogens (tertiary/aromatic N) is 5. The largest absolute Gasteiger partial charge is 0.310 e. The molecule has 0 N–H and O–H groups in total. The molecule has 43 heavy (non-hydrogen) atoms. The van der Waals surface area contributed by atoms with Crippen LogP contribution in [0.25, 0.3) is 10.9 Å². The van der Waals surface area contributed by atoms with Gasteiger partial charge in [-0.1, -0.05) is 53.8 Å². The molecule has 0 saturated carbocycles. The van der Waals surface area contributed by atoms with Crippen LogP contribution in [0.1, 0.15) is 51.3 Å². The highest BCUT2D eigenvalue weighted by atomic mass is 35.5. The minimum atomic E-state index is -0.501. The molecule has 5 aromatic rings. The van der Waals surface area contributed by atoms with E-state index >= 15 is 4.39 Å². The first kappa shape index (κ1) is 29.8. The number of carbonyl (C=O) groups is 1. The maximum Gasteiger partial charge on any atom is 0.261 e. The molecule has 0 amide bonds. The Bertz CT molecular complexity index is 1890. The molecule has 0 aliphatic carbocycles. The summed E-state index contributed by atoms with van der Waals surface area (Å²) in [6, 6.07) is 18.2. The molecule has 0 spiro atoms. The highest BCUT2D eigenvalue weighted by Gasteiger charge is 2.13. The van der Waals surface area contributed by atoms with E-state index in [0.29, 0.717) is 22.9 Å². The van der Waals surface area contributed by atoms with Crippen LogP contribution < -0.4 is 5.56 Å². The lowest BCUT2D eigenvalue weighted by Gasteiger charge is -2.10. The Morgan fingerprint density at radius 3 is 2.49 bits per heavy atom. The van der Waals surface area contributed by atoms with Gasteiger partial charge in [0.2, 0.25) is 0 Å². The normalized spacial score (nSPS) is 11.0. The Labute approximate surface area is 254 Å². The van der Waals surface area contributed by atoms with Gasteiger partial charge in [-0.05, 0) is 61.1 Å². The number of aromatic nitrogens is 4. The zero-order chi connectivity index (χ0) is 30.3. The number of hydrogen-bond acceptors (Lipinski definition) is 6. The first-order valence-corrected chi connectivity index (χ1v) is 14.1. The predicted octanol–water partition coefficient (Wildman–Crippen LogP) is 5.69. The minimum Gasteiger partial charge on any atom is -0.310 e. The third kappa shape index (κ3) is 7.58. The second-order valence-electron chi connectivity index (χ2n) is 10.4. The van der Waals surface area contributed by atoms with Crippen molar-refractivity contribution in [2.45, 2.75) is 32.4 Å². The van der Waals surface area contributed by atoms with Crippen molar-refractivity contribution in [2.75, 3.05) is 14.1 Å². The molecule has 0 saturated heterocycles. The molecule has 2 aromatic carbocycles. The van der Waals surface area contributed by atoms with Crippen molar-refractivity contribution in [2.24, 2.45) is 0 Å². The van der Waals surface area contributed by atoms with Crippen molar-refractivity contribution in [3.63, 3.8) is 0 Å². The molecule has 7 nitrogen and oxygen atoms in total. The van der Waals surface area contributed by atoms with E-state index in [-0.39, 0.29) is 41.7 Å². The molecule has 5 rings (SSSR count). The molecule has 0 unspecified atom stereocenters. The Morgan fingerprint density at radius 1 is 0.977 bits per heavy atom. The minimum absolute atomic E-state index is 0.0343. The van der Waals surface area contributed by atoms with Crippen molar-refractivity contribution >= 4 is 28.3 Å². The fourth-order valence-electron chi connectivity index (χ4n) is 4.64. The lowest BCUT2D eigenvalue weighted by Crippen LogP contribution is -2.26. The van der Waals surface area contributed by atoms with Crippen LogP contribution in [-0.2, 0) is 19.5 Å². The molecule has 9 heteroatoms. The number of carbonyl (C=O) groups excluding carboxylic acids is 1. The Hall–Kier alpha value is -4.71. The maximum absolute atomic E-state index is 15.2. The molecule has 0 aliphatic heterocycles. The number of pyridine rings is 2. The number of Topliss-reactive ketones (excluding diaryl/α,β-unsaturated/α-hetero) is 1. The van der Waals surface area contributed by atoms with Crippen molar-refractivity contribution in [1.29, 1.82) is 0 Å². The van der Waals surface area contributed by atoms with Crippen LogP contribution in [-0.4, -0.2) is 44.3 Å². The molecule has 3 heterocycles. The van der Waals surface area contributed by atoms with Gasteiger partial charge < -0.3 is 9.47 Å². The van der Waals surface area contributed by atoms with Crippen LogP contribution >= 0.6 is 11.6 Å². The maximum atomic E-state index is 15.2. The average molecular weight is 594 g/mol. The number of ketones is 1. The van der Waals surface area contributed by atoms with E-state index in [9.17, 15) is 9.59 Å². The molecular formula is C34H29ClFN5O2. The molecule has 0 atom stereocenters. The highest BCUT2D eigenvalue weighted by Crippen LogP contribution is 2.20. The predicted molar refractivity (Wildman–Crippen MR) is 166 cm³/mol. The van der Waals surface area contributed by atoms with Gasteiger partial charge in [0.25, 0.3) is 5.56 Å².